The van der Waals surface area contributed by atoms with Crippen molar-refractivity contribution in [2.24, 2.45) is 0 Å². The molecule has 7 nitrogen and oxygen atoms in total. The van der Waals surface area contributed by atoms with E-state index in [0.29, 0.717) is 0 Å². The van der Waals surface area contributed by atoms with Gasteiger partial charge in [0.2, 0.25) is 0 Å². The number of hydrogen-bond donors (Lipinski definition) is 2. The number of hydrogen-bond acceptors (Lipinski definition) is 5. The fourth-order valence-corrected chi connectivity index (χ4v) is 5.63. The maximum atomic E-state index is 4.88. The Labute approximate surface area is 210 Å². The van der Waals surface area contributed by atoms with Crippen molar-refractivity contribution in [3.05, 3.63) is 78.8 Å². The lowest BCUT2D eigenvalue weighted by atomic mass is 9.96. The van der Waals surface area contributed by atoms with Gasteiger partial charge in [-0.05, 0) is 42.3 Å². The van der Waals surface area contributed by atoms with Crippen LogP contribution in [-0.2, 0) is 6.42 Å². The molecule has 2 N–H and O–H groups in total. The number of fused-ring (bicyclic) bond motifs is 12. The molecule has 37 heavy (non-hydrogen) atoms. The third-order valence-electron chi connectivity index (χ3n) is 7.32. The standard InChI is InChI=1S/C30H21N7/c1-3-23-36-27-19-9-7-17(14-22(19)25-29(30(27)37-23)33-12-11-32-25)16-6-8-18-21(13-16)24-20(5-4-10-31-24)28-26(18)34-15(2)35-28/h4-14H,3H2,1-2H3,(H,34,35)(H,36,37). The molecule has 0 saturated carbocycles. The number of aryl methyl sites for hydroxylation is 2. The molecule has 8 aromatic rings. The van der Waals surface area contributed by atoms with E-state index in [4.69, 9.17) is 19.9 Å². The maximum Gasteiger partial charge on any atom is 0.115 e. The second-order valence-electron chi connectivity index (χ2n) is 9.48. The van der Waals surface area contributed by atoms with E-state index in [1.807, 2.05) is 19.2 Å². The van der Waals surface area contributed by atoms with E-state index in [-0.39, 0.29) is 0 Å². The van der Waals surface area contributed by atoms with Crippen molar-refractivity contribution in [3.63, 3.8) is 0 Å². The molecule has 0 aliphatic heterocycles. The van der Waals surface area contributed by atoms with E-state index >= 15 is 0 Å². The molecule has 0 aliphatic rings. The third-order valence-corrected chi connectivity index (χ3v) is 7.32. The largest absolute Gasteiger partial charge is 0.342 e. The third kappa shape index (κ3) is 2.79. The van der Waals surface area contributed by atoms with Crippen LogP contribution >= 0.6 is 0 Å². The average Bonchev–Trinajstić information content (AvgIpc) is 3.57. The fourth-order valence-electron chi connectivity index (χ4n) is 5.63. The van der Waals surface area contributed by atoms with Crippen LogP contribution in [0.3, 0.4) is 0 Å². The molecule has 4 aromatic heterocycles. The van der Waals surface area contributed by atoms with Crippen LogP contribution in [0.4, 0.5) is 0 Å². The first-order chi connectivity index (χ1) is 18.2. The minimum atomic E-state index is 0.832. The molecule has 176 valence electrons. The van der Waals surface area contributed by atoms with Crippen LogP contribution in [0.15, 0.2) is 67.1 Å². The van der Waals surface area contributed by atoms with Gasteiger partial charge in [0.1, 0.15) is 17.2 Å². The van der Waals surface area contributed by atoms with Crippen molar-refractivity contribution < 1.29 is 0 Å². The van der Waals surface area contributed by atoms with Gasteiger partial charge in [-0.1, -0.05) is 31.2 Å². The average molecular weight is 480 g/mol. The number of pyridine rings is 1. The van der Waals surface area contributed by atoms with Gasteiger partial charge in [-0.3, -0.25) is 15.0 Å². The van der Waals surface area contributed by atoms with Crippen LogP contribution in [0, 0.1) is 6.92 Å². The molecule has 0 spiro atoms. The SMILES string of the molecule is CCc1nc2c3ccc(-c4ccc5c(c4)c4ncccc4c4nc(C)[nH]c54)cc3c3nccnc3c2[nH]1. The number of nitrogens with zero attached hydrogens (tertiary/aromatic N) is 5. The van der Waals surface area contributed by atoms with Crippen molar-refractivity contribution in [3.8, 4) is 11.1 Å². The van der Waals surface area contributed by atoms with Crippen molar-refractivity contribution in [2.45, 2.75) is 20.3 Å². The molecule has 0 atom stereocenters. The zero-order chi connectivity index (χ0) is 24.7. The minimum Gasteiger partial charge on any atom is -0.342 e. The highest BCUT2D eigenvalue weighted by atomic mass is 14.9. The molecule has 0 aliphatic carbocycles. The molecule has 0 unspecified atom stereocenters. The highest BCUT2D eigenvalue weighted by molar-refractivity contribution is 6.23. The molecule has 4 aromatic carbocycles. The van der Waals surface area contributed by atoms with Crippen molar-refractivity contribution in [2.75, 3.05) is 0 Å². The van der Waals surface area contributed by atoms with Gasteiger partial charge < -0.3 is 9.97 Å². The lowest BCUT2D eigenvalue weighted by Crippen LogP contribution is -1.89. The van der Waals surface area contributed by atoms with Crippen molar-refractivity contribution in [1.29, 1.82) is 0 Å². The van der Waals surface area contributed by atoms with Crippen molar-refractivity contribution >= 4 is 65.5 Å². The lowest BCUT2D eigenvalue weighted by Gasteiger charge is -2.10. The quantitative estimate of drug-likeness (QED) is 0.267. The molecule has 0 saturated heterocycles. The summed E-state index contributed by atoms with van der Waals surface area (Å²) in [4.78, 5) is 30.7. The van der Waals surface area contributed by atoms with Gasteiger partial charge in [0, 0.05) is 51.9 Å². The Morgan fingerprint density at radius 2 is 1.30 bits per heavy atom. The maximum absolute atomic E-state index is 4.88. The van der Waals surface area contributed by atoms with E-state index in [1.54, 1.807) is 12.4 Å². The van der Waals surface area contributed by atoms with Crippen LogP contribution in [0.1, 0.15) is 18.6 Å². The number of benzene rings is 4. The molecule has 4 heterocycles. The molecule has 0 bridgehead atoms. The first-order valence-corrected chi connectivity index (χ1v) is 12.4. The summed E-state index contributed by atoms with van der Waals surface area (Å²) in [5, 5.41) is 5.39. The summed E-state index contributed by atoms with van der Waals surface area (Å²) in [5.74, 6) is 1.85. The molecule has 7 heteroatoms. The number of rotatable bonds is 2. The van der Waals surface area contributed by atoms with Gasteiger partial charge in [-0.15, -0.1) is 0 Å². The van der Waals surface area contributed by atoms with Gasteiger partial charge in [-0.25, -0.2) is 9.97 Å². The summed E-state index contributed by atoms with van der Waals surface area (Å²) < 4.78 is 0. The fraction of sp³-hybridized carbons (Fsp3) is 0.100. The zero-order valence-electron chi connectivity index (χ0n) is 20.3. The normalized spacial score (nSPS) is 12.2. The zero-order valence-corrected chi connectivity index (χ0v) is 20.3. The molecule has 8 rings (SSSR count). The van der Waals surface area contributed by atoms with Crippen molar-refractivity contribution in [1.82, 2.24) is 34.9 Å². The van der Waals surface area contributed by atoms with Crippen LogP contribution in [-0.4, -0.2) is 34.9 Å². The monoisotopic (exact) mass is 479 g/mol. The van der Waals surface area contributed by atoms with Gasteiger partial charge in [0.25, 0.3) is 0 Å². The lowest BCUT2D eigenvalue weighted by molar-refractivity contribution is 1.00. The Morgan fingerprint density at radius 1 is 0.595 bits per heavy atom. The Bertz CT molecular complexity index is 2200. The van der Waals surface area contributed by atoms with E-state index < -0.39 is 0 Å². The molecule has 0 fully saturated rings. The highest BCUT2D eigenvalue weighted by Gasteiger charge is 2.17. The van der Waals surface area contributed by atoms with Crippen LogP contribution in [0.5, 0.6) is 0 Å². The van der Waals surface area contributed by atoms with Crippen LogP contribution < -0.4 is 0 Å². The number of aromatic nitrogens is 7. The molecule has 0 radical (unpaired) electrons. The van der Waals surface area contributed by atoms with E-state index in [1.165, 1.54) is 0 Å². The van der Waals surface area contributed by atoms with E-state index in [9.17, 15) is 0 Å². The second-order valence-corrected chi connectivity index (χ2v) is 9.48. The Balaban J connectivity index is 1.43. The number of H-pyrrole nitrogens is 2. The summed E-state index contributed by atoms with van der Waals surface area (Å²) in [6.45, 7) is 4.09. The number of aromatic amines is 2. The van der Waals surface area contributed by atoms with Gasteiger partial charge >= 0.3 is 0 Å². The Hall–Kier alpha value is -4.91. The molecular weight excluding hydrogens is 458 g/mol. The first-order valence-electron chi connectivity index (χ1n) is 12.4. The summed E-state index contributed by atoms with van der Waals surface area (Å²) in [5.41, 5.74) is 8.81. The van der Waals surface area contributed by atoms with E-state index in [0.717, 1.165) is 94.7 Å². The van der Waals surface area contributed by atoms with Gasteiger partial charge in [0.05, 0.1) is 33.1 Å². The number of imidazole rings is 2. The second kappa shape index (κ2) is 7.30. The van der Waals surface area contributed by atoms with Crippen LogP contribution in [0.2, 0.25) is 0 Å². The first kappa shape index (κ1) is 20.3. The summed E-state index contributed by atoms with van der Waals surface area (Å²) in [6.07, 6.45) is 6.17. The summed E-state index contributed by atoms with van der Waals surface area (Å²) in [6, 6.07) is 17.2. The van der Waals surface area contributed by atoms with Crippen LogP contribution in [0.25, 0.3) is 76.7 Å². The van der Waals surface area contributed by atoms with Gasteiger partial charge in [0.15, 0.2) is 0 Å². The molecular formula is C30H21N7. The smallest absolute Gasteiger partial charge is 0.115 e. The van der Waals surface area contributed by atoms with E-state index in [2.05, 4.69) is 64.3 Å². The summed E-state index contributed by atoms with van der Waals surface area (Å²) in [7, 11) is 0. The topological polar surface area (TPSA) is 96.0 Å². The summed E-state index contributed by atoms with van der Waals surface area (Å²) >= 11 is 0. The Kier molecular flexibility index (Phi) is 4.01. The minimum absolute atomic E-state index is 0.832. The highest BCUT2D eigenvalue weighted by Crippen LogP contribution is 2.38. The number of nitrogens with one attached hydrogen (secondary N) is 2. The predicted molar refractivity (Wildman–Crippen MR) is 149 cm³/mol. The Morgan fingerprint density at radius 3 is 2.11 bits per heavy atom. The molecule has 0 amide bonds. The van der Waals surface area contributed by atoms with Gasteiger partial charge in [-0.2, -0.15) is 0 Å². The predicted octanol–water partition coefficient (Wildman–Crippen LogP) is 6.77.